The number of carbonyl (C=O) groups excluding carboxylic acids is 1. The zero-order valence-electron chi connectivity index (χ0n) is 16.1. The molecule has 0 aliphatic carbocycles. The van der Waals surface area contributed by atoms with Crippen molar-refractivity contribution in [3.63, 3.8) is 0 Å². The Morgan fingerprint density at radius 1 is 1.33 bits per heavy atom. The lowest BCUT2D eigenvalue weighted by Crippen LogP contribution is -2.65. The van der Waals surface area contributed by atoms with E-state index in [2.05, 4.69) is 58.9 Å². The zero-order valence-corrected chi connectivity index (χ0v) is 18.5. The second-order valence-electron chi connectivity index (χ2n) is 8.12. The third-order valence-corrected chi connectivity index (χ3v) is 7.04. The van der Waals surface area contributed by atoms with E-state index >= 15 is 0 Å². The quantitative estimate of drug-likeness (QED) is 0.690. The highest BCUT2D eigenvalue weighted by Gasteiger charge is 2.39. The van der Waals surface area contributed by atoms with Crippen LogP contribution in [0.1, 0.15) is 31.1 Å². The fourth-order valence-electron chi connectivity index (χ4n) is 3.12. The molecule has 2 N–H and O–H groups in total. The normalized spacial score (nSPS) is 17.0. The van der Waals surface area contributed by atoms with E-state index in [0.717, 1.165) is 40.1 Å². The predicted molar refractivity (Wildman–Crippen MR) is 114 cm³/mol. The molecule has 0 spiro atoms. The summed E-state index contributed by atoms with van der Waals surface area (Å²) >= 11 is 4.78. The summed E-state index contributed by atoms with van der Waals surface area (Å²) in [6.45, 7) is 11.0. The van der Waals surface area contributed by atoms with Gasteiger partial charge in [0.05, 0.1) is 50.5 Å². The van der Waals surface area contributed by atoms with E-state index < -0.39 is 0 Å². The van der Waals surface area contributed by atoms with Crippen molar-refractivity contribution in [3.05, 3.63) is 34.4 Å². The number of halogens is 1. The molecule has 0 radical (unpaired) electrons. The molecule has 27 heavy (non-hydrogen) atoms. The summed E-state index contributed by atoms with van der Waals surface area (Å²) < 4.78 is 1.78. The number of rotatable bonds is 3. The van der Waals surface area contributed by atoms with Gasteiger partial charge in [0, 0.05) is 4.47 Å². The van der Waals surface area contributed by atoms with Crippen LogP contribution in [-0.4, -0.2) is 59.2 Å². The molecular weight excluding hydrogens is 428 g/mol. The summed E-state index contributed by atoms with van der Waals surface area (Å²) in [6.07, 6.45) is 1.81. The highest BCUT2D eigenvalue weighted by Crippen LogP contribution is 2.32. The molecule has 0 atom stereocenters. The van der Waals surface area contributed by atoms with Crippen LogP contribution in [0.25, 0.3) is 0 Å². The van der Waals surface area contributed by atoms with Crippen molar-refractivity contribution >= 4 is 43.3 Å². The first-order chi connectivity index (χ1) is 12.6. The number of hydrogen-bond acceptors (Lipinski definition) is 5. The largest absolute Gasteiger partial charge is 0.507 e. The number of thiazole rings is 1. The van der Waals surface area contributed by atoms with Gasteiger partial charge < -0.3 is 14.5 Å². The number of amides is 1. The van der Waals surface area contributed by atoms with Crippen LogP contribution in [0.3, 0.4) is 0 Å². The van der Waals surface area contributed by atoms with Crippen molar-refractivity contribution in [2.75, 3.05) is 43.4 Å². The molecule has 0 saturated carbocycles. The molecule has 0 unspecified atom stereocenters. The van der Waals surface area contributed by atoms with Gasteiger partial charge in [-0.1, -0.05) is 27.3 Å². The number of phenolic OH excluding ortho intramolecular Hbond substituents is 1. The Balaban J connectivity index is 1.66. The first-order valence-corrected chi connectivity index (χ1v) is 10.6. The number of benzene rings is 1. The average Bonchev–Trinajstić information content (AvgIpc) is 3.05. The highest BCUT2D eigenvalue weighted by atomic mass is 79.9. The third-order valence-electron chi connectivity index (χ3n) is 5.58. The monoisotopic (exact) mass is 453 g/mol. The summed E-state index contributed by atoms with van der Waals surface area (Å²) in [5, 5.41) is 14.3. The molecule has 1 fully saturated rings. The van der Waals surface area contributed by atoms with Gasteiger partial charge in [0.2, 0.25) is 0 Å². The number of nitrogens with zero attached hydrogens (tertiary/aromatic N) is 3. The van der Waals surface area contributed by atoms with Gasteiger partial charge in [-0.3, -0.25) is 10.1 Å². The number of quaternary nitrogens is 1. The van der Waals surface area contributed by atoms with Crippen molar-refractivity contribution in [1.82, 2.24) is 4.98 Å². The number of anilines is 2. The van der Waals surface area contributed by atoms with Gasteiger partial charge in [-0.25, -0.2) is 4.98 Å². The van der Waals surface area contributed by atoms with Crippen LogP contribution in [0, 0.1) is 0 Å². The maximum absolute atomic E-state index is 12.4. The average molecular weight is 454 g/mol. The number of piperazine rings is 1. The van der Waals surface area contributed by atoms with Gasteiger partial charge in [0.15, 0.2) is 5.13 Å². The molecule has 2 aromatic rings. The summed E-state index contributed by atoms with van der Waals surface area (Å²) in [4.78, 5) is 19.1. The van der Waals surface area contributed by atoms with Crippen LogP contribution in [0.4, 0.5) is 10.1 Å². The van der Waals surface area contributed by atoms with Gasteiger partial charge in [-0.05, 0) is 39.0 Å². The van der Waals surface area contributed by atoms with Crippen LogP contribution in [-0.2, 0) is 0 Å². The van der Waals surface area contributed by atoms with Crippen LogP contribution in [0.2, 0.25) is 0 Å². The standard InChI is InChI=1S/C19H25BrN4O2S/c1-19(2,3)24(4)9-7-23(8-10-24)16-12-21-18(27-16)22-17(26)14-11-13(20)5-6-15(14)25/h5-6,11-12H,7-10H2,1-4H3,(H-,21,22,25,26)/p+1. The Hall–Kier alpha value is -1.64. The Labute approximate surface area is 172 Å². The van der Waals surface area contributed by atoms with Crippen LogP contribution in [0.5, 0.6) is 5.75 Å². The molecule has 1 amide bonds. The van der Waals surface area contributed by atoms with Crippen LogP contribution >= 0.6 is 27.3 Å². The number of phenols is 1. The van der Waals surface area contributed by atoms with Crippen molar-refractivity contribution in [2.24, 2.45) is 0 Å². The molecule has 0 bridgehead atoms. The molecule has 1 saturated heterocycles. The number of likely N-dealkylation sites (N-methyl/N-ethyl adjacent to an activating group) is 1. The minimum atomic E-state index is -0.370. The maximum atomic E-state index is 12.4. The SMILES string of the molecule is CC(C)(C)[N+]1(C)CCN(c2cnc(NC(=O)c3cc(Br)ccc3O)s2)CC1. The van der Waals surface area contributed by atoms with E-state index in [1.54, 1.807) is 12.1 Å². The number of aromatic hydroxyl groups is 1. The summed E-state index contributed by atoms with van der Waals surface area (Å²) in [7, 11) is 2.32. The van der Waals surface area contributed by atoms with Crippen molar-refractivity contribution in [1.29, 1.82) is 0 Å². The molecule has 1 aliphatic rings. The summed E-state index contributed by atoms with van der Waals surface area (Å²) in [6, 6.07) is 4.77. The van der Waals surface area contributed by atoms with E-state index in [-0.39, 0.29) is 22.8 Å². The number of hydrogen-bond donors (Lipinski definition) is 2. The van der Waals surface area contributed by atoms with E-state index in [0.29, 0.717) is 5.13 Å². The Kier molecular flexibility index (Phi) is 5.52. The molecule has 2 heterocycles. The Bertz CT molecular complexity index is 838. The Morgan fingerprint density at radius 3 is 2.63 bits per heavy atom. The molecule has 1 aromatic heterocycles. The minimum Gasteiger partial charge on any atom is -0.507 e. The fraction of sp³-hybridized carbons (Fsp3) is 0.474. The lowest BCUT2D eigenvalue weighted by molar-refractivity contribution is -0.953. The van der Waals surface area contributed by atoms with E-state index in [1.165, 1.54) is 17.4 Å². The highest BCUT2D eigenvalue weighted by molar-refractivity contribution is 9.10. The van der Waals surface area contributed by atoms with Crippen molar-refractivity contribution in [2.45, 2.75) is 26.3 Å². The van der Waals surface area contributed by atoms with E-state index in [9.17, 15) is 9.90 Å². The summed E-state index contributed by atoms with van der Waals surface area (Å²) in [5.41, 5.74) is 0.447. The van der Waals surface area contributed by atoms with Crippen molar-refractivity contribution in [3.8, 4) is 5.75 Å². The molecule has 3 rings (SSSR count). The molecule has 6 nitrogen and oxygen atoms in total. The fourth-order valence-corrected chi connectivity index (χ4v) is 4.35. The third kappa shape index (κ3) is 4.28. The first-order valence-electron chi connectivity index (χ1n) is 8.94. The molecule has 1 aromatic carbocycles. The first kappa shape index (κ1) is 20.1. The molecular formula is C19H26BrN4O2S+. The van der Waals surface area contributed by atoms with Gasteiger partial charge in [0.25, 0.3) is 5.91 Å². The molecule has 8 heteroatoms. The zero-order chi connectivity index (χ0) is 19.8. The predicted octanol–water partition coefficient (Wildman–Crippen LogP) is 3.93. The van der Waals surface area contributed by atoms with Gasteiger partial charge in [0.1, 0.15) is 10.8 Å². The molecule has 146 valence electrons. The van der Waals surface area contributed by atoms with Crippen molar-refractivity contribution < 1.29 is 14.4 Å². The van der Waals surface area contributed by atoms with Crippen LogP contribution < -0.4 is 10.2 Å². The second-order valence-corrected chi connectivity index (χ2v) is 10.0. The van der Waals surface area contributed by atoms with E-state index in [1.807, 2.05) is 6.20 Å². The number of aromatic nitrogens is 1. The van der Waals surface area contributed by atoms with Gasteiger partial charge >= 0.3 is 0 Å². The van der Waals surface area contributed by atoms with Gasteiger partial charge in [-0.2, -0.15) is 0 Å². The molecule has 1 aliphatic heterocycles. The van der Waals surface area contributed by atoms with Gasteiger partial charge in [-0.15, -0.1) is 0 Å². The minimum absolute atomic E-state index is 0.0530. The van der Waals surface area contributed by atoms with E-state index in [4.69, 9.17) is 0 Å². The maximum Gasteiger partial charge on any atom is 0.261 e. The van der Waals surface area contributed by atoms with Crippen LogP contribution in [0.15, 0.2) is 28.9 Å². The smallest absolute Gasteiger partial charge is 0.261 e. The lowest BCUT2D eigenvalue weighted by Gasteiger charge is -2.50. The number of carbonyl (C=O) groups is 1. The Morgan fingerprint density at radius 2 is 2.00 bits per heavy atom. The topological polar surface area (TPSA) is 65.5 Å². The lowest BCUT2D eigenvalue weighted by atomic mass is 10.0. The summed E-state index contributed by atoms with van der Waals surface area (Å²) in [5.74, 6) is -0.423. The second kappa shape index (κ2) is 7.41. The number of nitrogens with one attached hydrogen (secondary N) is 1.